The van der Waals surface area contributed by atoms with Crippen molar-refractivity contribution >= 4 is 11.7 Å². The standard InChI is InChI=1S/C10H16N4O2/c1-2-14-9(3-4-12-14)13-10(16)8-5-7(15)6-11-8/h3-4,7-8,11,15H,2,5-6H2,1H3,(H,13,16)/t7-,8+/m0/s1. The molecule has 1 amide bonds. The van der Waals surface area contributed by atoms with Gasteiger partial charge in [-0.05, 0) is 13.3 Å². The summed E-state index contributed by atoms with van der Waals surface area (Å²) in [6.45, 7) is 3.15. The van der Waals surface area contributed by atoms with Gasteiger partial charge in [-0.1, -0.05) is 0 Å². The minimum Gasteiger partial charge on any atom is -0.392 e. The Morgan fingerprint density at radius 3 is 3.25 bits per heavy atom. The van der Waals surface area contributed by atoms with E-state index in [2.05, 4.69) is 15.7 Å². The lowest BCUT2D eigenvalue weighted by molar-refractivity contribution is -0.118. The highest BCUT2D eigenvalue weighted by Crippen LogP contribution is 2.11. The minimum absolute atomic E-state index is 0.119. The number of aromatic nitrogens is 2. The van der Waals surface area contributed by atoms with E-state index >= 15 is 0 Å². The van der Waals surface area contributed by atoms with Crippen molar-refractivity contribution in [2.24, 2.45) is 0 Å². The van der Waals surface area contributed by atoms with Crippen molar-refractivity contribution in [1.82, 2.24) is 15.1 Å². The quantitative estimate of drug-likeness (QED) is 0.650. The van der Waals surface area contributed by atoms with Crippen molar-refractivity contribution in [3.05, 3.63) is 12.3 Å². The molecule has 0 aliphatic carbocycles. The first-order chi connectivity index (χ1) is 7.70. The highest BCUT2D eigenvalue weighted by Gasteiger charge is 2.28. The molecule has 0 saturated carbocycles. The molecule has 0 aromatic carbocycles. The molecule has 2 rings (SSSR count). The number of hydrogen-bond acceptors (Lipinski definition) is 4. The molecule has 6 nitrogen and oxygen atoms in total. The Morgan fingerprint density at radius 1 is 1.81 bits per heavy atom. The zero-order valence-corrected chi connectivity index (χ0v) is 9.18. The van der Waals surface area contributed by atoms with Gasteiger partial charge in [0.05, 0.1) is 18.3 Å². The number of rotatable bonds is 3. The van der Waals surface area contributed by atoms with E-state index in [0.29, 0.717) is 25.3 Å². The average Bonchev–Trinajstić information content (AvgIpc) is 2.86. The largest absolute Gasteiger partial charge is 0.392 e. The smallest absolute Gasteiger partial charge is 0.242 e. The SMILES string of the molecule is CCn1nccc1NC(=O)[C@H]1C[C@H](O)CN1. The third kappa shape index (κ3) is 2.23. The molecule has 0 bridgehead atoms. The Labute approximate surface area is 93.6 Å². The second-order valence-electron chi connectivity index (χ2n) is 3.87. The normalized spacial score (nSPS) is 24.6. The van der Waals surface area contributed by atoms with Crippen molar-refractivity contribution in [3.8, 4) is 0 Å². The van der Waals surface area contributed by atoms with Gasteiger partial charge < -0.3 is 15.7 Å². The molecule has 1 aliphatic rings. The van der Waals surface area contributed by atoms with Gasteiger partial charge in [0.1, 0.15) is 5.82 Å². The van der Waals surface area contributed by atoms with Crippen molar-refractivity contribution in [2.75, 3.05) is 11.9 Å². The maximum Gasteiger partial charge on any atom is 0.242 e. The van der Waals surface area contributed by atoms with Crippen LogP contribution in [0.15, 0.2) is 12.3 Å². The summed E-state index contributed by atoms with van der Waals surface area (Å²) in [7, 11) is 0. The average molecular weight is 224 g/mol. The van der Waals surface area contributed by atoms with Crippen LogP contribution < -0.4 is 10.6 Å². The van der Waals surface area contributed by atoms with Gasteiger partial charge in [-0.25, -0.2) is 4.68 Å². The van der Waals surface area contributed by atoms with Gasteiger partial charge in [0.15, 0.2) is 0 Å². The van der Waals surface area contributed by atoms with Crippen molar-refractivity contribution in [1.29, 1.82) is 0 Å². The van der Waals surface area contributed by atoms with Gasteiger partial charge in [-0.15, -0.1) is 0 Å². The summed E-state index contributed by atoms with van der Waals surface area (Å²) in [6, 6.07) is 1.45. The van der Waals surface area contributed by atoms with Crippen molar-refractivity contribution < 1.29 is 9.90 Å². The molecule has 3 N–H and O–H groups in total. The van der Waals surface area contributed by atoms with Crippen LogP contribution in [0, 0.1) is 0 Å². The number of aliphatic hydroxyl groups excluding tert-OH is 1. The van der Waals surface area contributed by atoms with Gasteiger partial charge in [0.25, 0.3) is 0 Å². The van der Waals surface area contributed by atoms with Crippen LogP contribution in [0.5, 0.6) is 0 Å². The Hall–Kier alpha value is -1.40. The Bertz CT molecular complexity index is 377. The zero-order valence-electron chi connectivity index (χ0n) is 9.18. The minimum atomic E-state index is -0.424. The summed E-state index contributed by atoms with van der Waals surface area (Å²) >= 11 is 0. The number of hydrogen-bond donors (Lipinski definition) is 3. The molecule has 1 fully saturated rings. The number of aliphatic hydroxyl groups is 1. The van der Waals surface area contributed by atoms with E-state index in [1.165, 1.54) is 0 Å². The van der Waals surface area contributed by atoms with E-state index in [9.17, 15) is 9.90 Å². The van der Waals surface area contributed by atoms with E-state index in [1.54, 1.807) is 16.9 Å². The van der Waals surface area contributed by atoms with E-state index < -0.39 is 6.10 Å². The van der Waals surface area contributed by atoms with E-state index in [1.807, 2.05) is 6.92 Å². The predicted molar refractivity (Wildman–Crippen MR) is 58.9 cm³/mol. The van der Waals surface area contributed by atoms with Crippen LogP contribution in [0.1, 0.15) is 13.3 Å². The molecular weight excluding hydrogens is 208 g/mol. The fraction of sp³-hybridized carbons (Fsp3) is 0.600. The molecule has 1 saturated heterocycles. The summed E-state index contributed by atoms with van der Waals surface area (Å²) < 4.78 is 1.71. The van der Waals surface area contributed by atoms with Gasteiger partial charge in [-0.2, -0.15) is 5.10 Å². The molecule has 0 radical (unpaired) electrons. The first-order valence-electron chi connectivity index (χ1n) is 5.45. The van der Waals surface area contributed by atoms with Gasteiger partial charge in [0.2, 0.25) is 5.91 Å². The summed E-state index contributed by atoms with van der Waals surface area (Å²) in [5, 5.41) is 19.1. The molecule has 1 aliphatic heterocycles. The zero-order chi connectivity index (χ0) is 11.5. The topological polar surface area (TPSA) is 79.2 Å². The van der Waals surface area contributed by atoms with Crippen LogP contribution in [0.2, 0.25) is 0 Å². The second kappa shape index (κ2) is 4.63. The van der Waals surface area contributed by atoms with Crippen LogP contribution >= 0.6 is 0 Å². The lowest BCUT2D eigenvalue weighted by Gasteiger charge is -2.11. The van der Waals surface area contributed by atoms with Crippen LogP contribution in [0.4, 0.5) is 5.82 Å². The molecule has 0 spiro atoms. The summed E-state index contributed by atoms with van der Waals surface area (Å²) in [5.74, 6) is 0.572. The number of carbonyl (C=O) groups is 1. The number of β-amino-alcohol motifs (C(OH)–C–C–N with tert-alkyl or cyclic N) is 1. The number of nitrogens with zero attached hydrogens (tertiary/aromatic N) is 2. The fourth-order valence-electron chi connectivity index (χ4n) is 1.82. The highest BCUT2D eigenvalue weighted by atomic mass is 16.3. The Morgan fingerprint density at radius 2 is 2.62 bits per heavy atom. The van der Waals surface area contributed by atoms with E-state index in [0.717, 1.165) is 0 Å². The number of anilines is 1. The van der Waals surface area contributed by atoms with E-state index in [-0.39, 0.29) is 11.9 Å². The number of amides is 1. The fourth-order valence-corrected chi connectivity index (χ4v) is 1.82. The molecule has 0 unspecified atom stereocenters. The predicted octanol–water partition coefficient (Wildman–Crippen LogP) is -0.436. The van der Waals surface area contributed by atoms with Gasteiger partial charge in [-0.3, -0.25) is 4.79 Å². The molecule has 6 heteroatoms. The Balaban J connectivity index is 1.97. The van der Waals surface area contributed by atoms with Gasteiger partial charge >= 0.3 is 0 Å². The third-order valence-corrected chi connectivity index (χ3v) is 2.69. The molecule has 1 aromatic rings. The number of carbonyl (C=O) groups excluding carboxylic acids is 1. The second-order valence-corrected chi connectivity index (χ2v) is 3.87. The monoisotopic (exact) mass is 224 g/mol. The summed E-state index contributed by atoms with van der Waals surface area (Å²) in [5.41, 5.74) is 0. The van der Waals surface area contributed by atoms with Crippen molar-refractivity contribution in [3.63, 3.8) is 0 Å². The third-order valence-electron chi connectivity index (χ3n) is 2.69. The van der Waals surface area contributed by atoms with Crippen LogP contribution in [0.25, 0.3) is 0 Å². The highest BCUT2D eigenvalue weighted by molar-refractivity contribution is 5.94. The van der Waals surface area contributed by atoms with Crippen LogP contribution in [-0.4, -0.2) is 39.5 Å². The number of nitrogens with one attached hydrogen (secondary N) is 2. The number of aryl methyl sites for hydroxylation is 1. The van der Waals surface area contributed by atoms with E-state index in [4.69, 9.17) is 0 Å². The molecule has 2 atom stereocenters. The maximum absolute atomic E-state index is 11.8. The lowest BCUT2D eigenvalue weighted by atomic mass is 10.2. The van der Waals surface area contributed by atoms with Crippen LogP contribution in [0.3, 0.4) is 0 Å². The van der Waals surface area contributed by atoms with Crippen molar-refractivity contribution in [2.45, 2.75) is 32.0 Å². The Kier molecular flexibility index (Phi) is 3.21. The van der Waals surface area contributed by atoms with Gasteiger partial charge in [0, 0.05) is 19.2 Å². The molecule has 88 valence electrons. The first-order valence-corrected chi connectivity index (χ1v) is 5.45. The summed E-state index contributed by atoms with van der Waals surface area (Å²) in [4.78, 5) is 11.8. The van der Waals surface area contributed by atoms with Crippen LogP contribution in [-0.2, 0) is 11.3 Å². The molecule has 16 heavy (non-hydrogen) atoms. The lowest BCUT2D eigenvalue weighted by Crippen LogP contribution is -2.36. The molecular formula is C10H16N4O2. The maximum atomic E-state index is 11.8. The molecule has 2 heterocycles. The molecule has 1 aromatic heterocycles. The first kappa shape index (κ1) is 11.1. The summed E-state index contributed by atoms with van der Waals surface area (Å²) in [6.07, 6.45) is 1.69.